The lowest BCUT2D eigenvalue weighted by Gasteiger charge is -2.08. The van der Waals surface area contributed by atoms with Crippen LogP contribution in [0.4, 0.5) is 4.79 Å². The zero-order valence-corrected chi connectivity index (χ0v) is 7.50. The second kappa shape index (κ2) is 3.09. The van der Waals surface area contributed by atoms with Crippen molar-refractivity contribution in [1.82, 2.24) is 10.6 Å². The molecule has 1 aromatic carbocycles. The van der Waals surface area contributed by atoms with Crippen LogP contribution in [0.3, 0.4) is 0 Å². The van der Waals surface area contributed by atoms with Crippen LogP contribution in [0.25, 0.3) is 0 Å². The number of carbonyl (C=O) groups is 1. The van der Waals surface area contributed by atoms with Gasteiger partial charge < -0.3 is 10.6 Å². The SMILES string of the molecule is Cc1ccc([C@@H]2CNC(=O)N2)cc1. The van der Waals surface area contributed by atoms with Gasteiger partial charge in [0.15, 0.2) is 0 Å². The minimum absolute atomic E-state index is 0.0782. The molecule has 3 nitrogen and oxygen atoms in total. The van der Waals surface area contributed by atoms with Gasteiger partial charge in [0, 0.05) is 6.54 Å². The molecule has 1 aliphatic heterocycles. The largest absolute Gasteiger partial charge is 0.336 e. The number of rotatable bonds is 1. The van der Waals surface area contributed by atoms with Crippen LogP contribution < -0.4 is 10.6 Å². The summed E-state index contributed by atoms with van der Waals surface area (Å²) in [5, 5.41) is 5.57. The summed E-state index contributed by atoms with van der Waals surface area (Å²) in [7, 11) is 0. The van der Waals surface area contributed by atoms with Crippen molar-refractivity contribution < 1.29 is 4.79 Å². The molecule has 1 aromatic rings. The number of benzene rings is 1. The normalized spacial score (nSPS) is 21.0. The molecule has 1 aliphatic rings. The van der Waals surface area contributed by atoms with Gasteiger partial charge in [-0.05, 0) is 12.5 Å². The van der Waals surface area contributed by atoms with E-state index in [4.69, 9.17) is 0 Å². The fourth-order valence-electron chi connectivity index (χ4n) is 1.46. The highest BCUT2D eigenvalue weighted by Crippen LogP contribution is 2.15. The molecule has 13 heavy (non-hydrogen) atoms. The number of nitrogens with one attached hydrogen (secondary N) is 2. The Hall–Kier alpha value is -1.51. The van der Waals surface area contributed by atoms with Crippen LogP contribution in [0, 0.1) is 6.92 Å². The molecule has 1 atom stereocenters. The molecular weight excluding hydrogens is 164 g/mol. The van der Waals surface area contributed by atoms with E-state index in [1.165, 1.54) is 5.56 Å². The van der Waals surface area contributed by atoms with Gasteiger partial charge in [0.1, 0.15) is 0 Å². The lowest BCUT2D eigenvalue weighted by atomic mass is 10.1. The summed E-state index contributed by atoms with van der Waals surface area (Å²) in [6.07, 6.45) is 0. The first kappa shape index (κ1) is 8.10. The van der Waals surface area contributed by atoms with Crippen LogP contribution in [-0.4, -0.2) is 12.6 Å². The molecule has 0 bridgehead atoms. The molecule has 0 radical (unpaired) electrons. The monoisotopic (exact) mass is 176 g/mol. The predicted molar refractivity (Wildman–Crippen MR) is 50.5 cm³/mol. The van der Waals surface area contributed by atoms with Crippen molar-refractivity contribution in [3.05, 3.63) is 35.4 Å². The van der Waals surface area contributed by atoms with Crippen LogP contribution in [0.15, 0.2) is 24.3 Å². The van der Waals surface area contributed by atoms with Gasteiger partial charge >= 0.3 is 6.03 Å². The minimum atomic E-state index is -0.0782. The van der Waals surface area contributed by atoms with Gasteiger partial charge in [0.25, 0.3) is 0 Å². The smallest absolute Gasteiger partial charge is 0.315 e. The van der Waals surface area contributed by atoms with Gasteiger partial charge in [0.05, 0.1) is 6.04 Å². The van der Waals surface area contributed by atoms with Crippen LogP contribution >= 0.6 is 0 Å². The van der Waals surface area contributed by atoms with Crippen molar-refractivity contribution in [2.75, 3.05) is 6.54 Å². The van der Waals surface area contributed by atoms with Crippen molar-refractivity contribution in [3.63, 3.8) is 0 Å². The van der Waals surface area contributed by atoms with Crippen molar-refractivity contribution in [1.29, 1.82) is 0 Å². The predicted octanol–water partition coefficient (Wildman–Crippen LogP) is 1.35. The topological polar surface area (TPSA) is 41.1 Å². The number of aryl methyl sites for hydroxylation is 1. The molecule has 0 unspecified atom stereocenters. The average Bonchev–Trinajstić information content (AvgIpc) is 2.53. The maximum atomic E-state index is 10.9. The Balaban J connectivity index is 2.17. The first-order valence-corrected chi connectivity index (χ1v) is 4.36. The van der Waals surface area contributed by atoms with E-state index in [0.717, 1.165) is 5.56 Å². The Kier molecular flexibility index (Phi) is 1.93. The fourth-order valence-corrected chi connectivity index (χ4v) is 1.46. The molecule has 68 valence electrons. The molecule has 3 heteroatoms. The molecule has 2 rings (SSSR count). The van der Waals surface area contributed by atoms with Crippen LogP contribution in [0.1, 0.15) is 17.2 Å². The Labute approximate surface area is 77.1 Å². The van der Waals surface area contributed by atoms with E-state index in [0.29, 0.717) is 6.54 Å². The summed E-state index contributed by atoms with van der Waals surface area (Å²) in [6, 6.07) is 8.26. The summed E-state index contributed by atoms with van der Waals surface area (Å²) in [5.74, 6) is 0. The molecule has 0 saturated carbocycles. The summed E-state index contributed by atoms with van der Waals surface area (Å²) >= 11 is 0. The number of hydrogen-bond acceptors (Lipinski definition) is 1. The highest BCUT2D eigenvalue weighted by atomic mass is 16.2. The van der Waals surface area contributed by atoms with E-state index in [1.54, 1.807) is 0 Å². The zero-order chi connectivity index (χ0) is 9.26. The maximum absolute atomic E-state index is 10.9. The van der Waals surface area contributed by atoms with Crippen molar-refractivity contribution in [2.24, 2.45) is 0 Å². The molecule has 2 N–H and O–H groups in total. The van der Waals surface area contributed by atoms with E-state index in [9.17, 15) is 4.79 Å². The molecule has 1 heterocycles. The highest BCUT2D eigenvalue weighted by Gasteiger charge is 2.20. The summed E-state index contributed by atoms with van der Waals surface area (Å²) in [5.41, 5.74) is 2.39. The molecule has 0 aliphatic carbocycles. The zero-order valence-electron chi connectivity index (χ0n) is 7.50. The summed E-state index contributed by atoms with van der Waals surface area (Å²) in [4.78, 5) is 10.9. The molecule has 1 saturated heterocycles. The fraction of sp³-hybridized carbons (Fsp3) is 0.300. The molecular formula is C10H12N2O. The highest BCUT2D eigenvalue weighted by molar-refractivity contribution is 5.76. The second-order valence-corrected chi connectivity index (χ2v) is 3.32. The number of hydrogen-bond donors (Lipinski definition) is 2. The Morgan fingerprint density at radius 3 is 2.54 bits per heavy atom. The maximum Gasteiger partial charge on any atom is 0.315 e. The van der Waals surface area contributed by atoms with E-state index in [2.05, 4.69) is 29.7 Å². The van der Waals surface area contributed by atoms with E-state index >= 15 is 0 Å². The first-order chi connectivity index (χ1) is 6.25. The quantitative estimate of drug-likeness (QED) is 0.666. The van der Waals surface area contributed by atoms with Crippen molar-refractivity contribution in [3.8, 4) is 0 Å². The second-order valence-electron chi connectivity index (χ2n) is 3.32. The third-order valence-electron chi connectivity index (χ3n) is 2.25. The average molecular weight is 176 g/mol. The standard InChI is InChI=1S/C10H12N2O/c1-7-2-4-8(5-3-7)9-6-11-10(13)12-9/h2-5,9H,6H2,1H3,(H2,11,12,13)/t9-/m0/s1. The van der Waals surface area contributed by atoms with Gasteiger partial charge in [0.2, 0.25) is 0 Å². The van der Waals surface area contributed by atoms with Crippen molar-refractivity contribution >= 4 is 6.03 Å². The van der Waals surface area contributed by atoms with Crippen LogP contribution in [0.2, 0.25) is 0 Å². The third-order valence-corrected chi connectivity index (χ3v) is 2.25. The lowest BCUT2D eigenvalue weighted by Crippen LogP contribution is -2.21. The van der Waals surface area contributed by atoms with Gasteiger partial charge in [-0.2, -0.15) is 0 Å². The van der Waals surface area contributed by atoms with Gasteiger partial charge in [-0.15, -0.1) is 0 Å². The molecule has 1 fully saturated rings. The molecule has 2 amide bonds. The summed E-state index contributed by atoms with van der Waals surface area (Å²) < 4.78 is 0. The number of carbonyl (C=O) groups excluding carboxylic acids is 1. The first-order valence-electron chi connectivity index (χ1n) is 4.36. The lowest BCUT2D eigenvalue weighted by molar-refractivity contribution is 0.247. The third kappa shape index (κ3) is 1.64. The van der Waals surface area contributed by atoms with Gasteiger partial charge in [-0.3, -0.25) is 0 Å². The Morgan fingerprint density at radius 2 is 2.00 bits per heavy atom. The van der Waals surface area contributed by atoms with E-state index in [1.807, 2.05) is 12.1 Å². The Bertz CT molecular complexity index is 318. The minimum Gasteiger partial charge on any atom is -0.336 e. The van der Waals surface area contributed by atoms with E-state index in [-0.39, 0.29) is 12.1 Å². The molecule has 0 spiro atoms. The van der Waals surface area contributed by atoms with Crippen molar-refractivity contribution in [2.45, 2.75) is 13.0 Å². The Morgan fingerprint density at radius 1 is 1.31 bits per heavy atom. The number of urea groups is 1. The van der Waals surface area contributed by atoms with Gasteiger partial charge in [-0.1, -0.05) is 29.8 Å². The van der Waals surface area contributed by atoms with Gasteiger partial charge in [-0.25, -0.2) is 4.79 Å². The van der Waals surface area contributed by atoms with Crippen LogP contribution in [-0.2, 0) is 0 Å². The number of amides is 2. The molecule has 0 aromatic heterocycles. The van der Waals surface area contributed by atoms with E-state index < -0.39 is 0 Å². The van der Waals surface area contributed by atoms with Crippen LogP contribution in [0.5, 0.6) is 0 Å². The summed E-state index contributed by atoms with van der Waals surface area (Å²) in [6.45, 7) is 2.73.